The Morgan fingerprint density at radius 2 is 1.90 bits per heavy atom. The van der Waals surface area contributed by atoms with Gasteiger partial charge >= 0.3 is 5.97 Å². The van der Waals surface area contributed by atoms with Gasteiger partial charge in [0.2, 0.25) is 0 Å². The van der Waals surface area contributed by atoms with Crippen LogP contribution >= 0.6 is 22.6 Å². The van der Waals surface area contributed by atoms with Crippen molar-refractivity contribution in [2.45, 2.75) is 58.0 Å². The molecule has 21 heavy (non-hydrogen) atoms. The Morgan fingerprint density at radius 3 is 2.62 bits per heavy atom. The van der Waals surface area contributed by atoms with E-state index >= 15 is 0 Å². The molecule has 1 unspecified atom stereocenters. The smallest absolute Gasteiger partial charge is 0.339 e. The van der Waals surface area contributed by atoms with Crippen LogP contribution in [0.15, 0.2) is 24.3 Å². The molecule has 114 valence electrons. The standard InChI is InChI=1S/C18H23IO2/c1-3-4-5-6-7-8-9-12-15(2)21-18(20)16-13-10-11-14-17(16)19/h1,10-11,13-15H,4-9,12H2,2H3. The SMILES string of the molecule is C#CCCCCCCCC(C)OC(=O)c1ccccc1I. The molecule has 0 amide bonds. The summed E-state index contributed by atoms with van der Waals surface area (Å²) in [4.78, 5) is 12.0. The van der Waals surface area contributed by atoms with Crippen molar-refractivity contribution in [2.24, 2.45) is 0 Å². The van der Waals surface area contributed by atoms with Gasteiger partial charge in [0.1, 0.15) is 0 Å². The third-order valence-corrected chi connectivity index (χ3v) is 4.27. The summed E-state index contributed by atoms with van der Waals surface area (Å²) in [7, 11) is 0. The van der Waals surface area contributed by atoms with Crippen molar-refractivity contribution in [3.8, 4) is 12.3 Å². The summed E-state index contributed by atoms with van der Waals surface area (Å²) in [5.74, 6) is 2.44. The summed E-state index contributed by atoms with van der Waals surface area (Å²) >= 11 is 2.16. The lowest BCUT2D eigenvalue weighted by Crippen LogP contribution is -2.15. The molecule has 1 aromatic carbocycles. The molecular formula is C18H23IO2. The van der Waals surface area contributed by atoms with Crippen molar-refractivity contribution in [1.82, 2.24) is 0 Å². The Kier molecular flexibility index (Phi) is 9.16. The quantitative estimate of drug-likeness (QED) is 0.247. The van der Waals surface area contributed by atoms with Gasteiger partial charge in [-0.2, -0.15) is 0 Å². The van der Waals surface area contributed by atoms with E-state index in [2.05, 4.69) is 28.5 Å². The molecule has 0 aromatic heterocycles. The Bertz CT molecular complexity index is 476. The monoisotopic (exact) mass is 398 g/mol. The molecule has 0 aliphatic heterocycles. The largest absolute Gasteiger partial charge is 0.459 e. The second-order valence-electron chi connectivity index (χ2n) is 5.21. The maximum absolute atomic E-state index is 12.0. The molecule has 0 heterocycles. The first-order chi connectivity index (χ1) is 10.1. The highest BCUT2D eigenvalue weighted by Gasteiger charge is 2.14. The third kappa shape index (κ3) is 7.52. The first-order valence-corrected chi connectivity index (χ1v) is 8.62. The van der Waals surface area contributed by atoms with E-state index in [0.717, 1.165) is 29.3 Å². The van der Waals surface area contributed by atoms with E-state index < -0.39 is 0 Å². The van der Waals surface area contributed by atoms with Gasteiger partial charge in [0, 0.05) is 9.99 Å². The zero-order chi connectivity index (χ0) is 15.5. The minimum atomic E-state index is -0.221. The van der Waals surface area contributed by atoms with Crippen LogP contribution in [0.1, 0.15) is 62.2 Å². The highest BCUT2D eigenvalue weighted by Crippen LogP contribution is 2.15. The number of halogens is 1. The number of hydrogen-bond donors (Lipinski definition) is 0. The van der Waals surface area contributed by atoms with Crippen LogP contribution in [0.5, 0.6) is 0 Å². The van der Waals surface area contributed by atoms with Gasteiger partial charge in [0.15, 0.2) is 0 Å². The van der Waals surface area contributed by atoms with Crippen LogP contribution in [-0.4, -0.2) is 12.1 Å². The van der Waals surface area contributed by atoms with E-state index in [1.54, 1.807) is 0 Å². The molecule has 0 saturated carbocycles. The van der Waals surface area contributed by atoms with E-state index in [1.807, 2.05) is 31.2 Å². The van der Waals surface area contributed by atoms with E-state index in [4.69, 9.17) is 11.2 Å². The predicted octanol–water partition coefficient (Wildman–Crippen LogP) is 5.20. The average Bonchev–Trinajstić information content (AvgIpc) is 2.46. The fourth-order valence-corrected chi connectivity index (χ4v) is 2.73. The molecule has 3 heteroatoms. The molecule has 1 rings (SSSR count). The fourth-order valence-electron chi connectivity index (χ4n) is 2.12. The molecule has 0 fully saturated rings. The summed E-state index contributed by atoms with van der Waals surface area (Å²) in [6.45, 7) is 1.96. The molecule has 2 nitrogen and oxygen atoms in total. The number of terminal acetylenes is 1. The molecular weight excluding hydrogens is 375 g/mol. The molecule has 0 bridgehead atoms. The number of unbranched alkanes of at least 4 members (excludes halogenated alkanes) is 5. The number of ether oxygens (including phenoxy) is 1. The highest BCUT2D eigenvalue weighted by atomic mass is 127. The molecule has 0 N–H and O–H groups in total. The first kappa shape index (κ1) is 18.0. The van der Waals surface area contributed by atoms with Crippen molar-refractivity contribution in [1.29, 1.82) is 0 Å². The van der Waals surface area contributed by atoms with Crippen molar-refractivity contribution in [3.63, 3.8) is 0 Å². The van der Waals surface area contributed by atoms with Gasteiger partial charge in [-0.05, 0) is 60.9 Å². The lowest BCUT2D eigenvalue weighted by atomic mass is 10.1. The zero-order valence-electron chi connectivity index (χ0n) is 12.6. The zero-order valence-corrected chi connectivity index (χ0v) is 14.8. The second-order valence-corrected chi connectivity index (χ2v) is 6.37. The lowest BCUT2D eigenvalue weighted by molar-refractivity contribution is 0.0318. The van der Waals surface area contributed by atoms with Gasteiger partial charge < -0.3 is 4.74 Å². The first-order valence-electron chi connectivity index (χ1n) is 7.54. The van der Waals surface area contributed by atoms with Gasteiger partial charge in [-0.1, -0.05) is 31.4 Å². The molecule has 1 atom stereocenters. The minimum absolute atomic E-state index is 0.0285. The Balaban J connectivity index is 2.19. The summed E-state index contributed by atoms with van der Waals surface area (Å²) in [6.07, 6.45) is 12.8. The van der Waals surface area contributed by atoms with Crippen molar-refractivity contribution in [3.05, 3.63) is 33.4 Å². The number of carbonyl (C=O) groups is 1. The molecule has 0 saturated heterocycles. The molecule has 1 aromatic rings. The lowest BCUT2D eigenvalue weighted by Gasteiger charge is -2.13. The second kappa shape index (κ2) is 10.7. The van der Waals surface area contributed by atoms with Crippen LogP contribution in [0.25, 0.3) is 0 Å². The van der Waals surface area contributed by atoms with Crippen LogP contribution < -0.4 is 0 Å². The maximum Gasteiger partial charge on any atom is 0.339 e. The van der Waals surface area contributed by atoms with Crippen LogP contribution in [0, 0.1) is 15.9 Å². The van der Waals surface area contributed by atoms with Crippen molar-refractivity contribution < 1.29 is 9.53 Å². The molecule has 0 radical (unpaired) electrons. The topological polar surface area (TPSA) is 26.3 Å². The van der Waals surface area contributed by atoms with Crippen LogP contribution in [0.4, 0.5) is 0 Å². The number of rotatable bonds is 9. The number of esters is 1. The fraction of sp³-hybridized carbons (Fsp3) is 0.500. The normalized spacial score (nSPS) is 11.7. The summed E-state index contributed by atoms with van der Waals surface area (Å²) in [5, 5.41) is 0. The van der Waals surface area contributed by atoms with Gasteiger partial charge in [-0.15, -0.1) is 12.3 Å². The summed E-state index contributed by atoms with van der Waals surface area (Å²) in [6, 6.07) is 7.50. The van der Waals surface area contributed by atoms with E-state index in [0.29, 0.717) is 5.56 Å². The van der Waals surface area contributed by atoms with Gasteiger partial charge in [-0.3, -0.25) is 0 Å². The van der Waals surface area contributed by atoms with E-state index in [-0.39, 0.29) is 12.1 Å². The number of carbonyl (C=O) groups excluding carboxylic acids is 1. The average molecular weight is 398 g/mol. The van der Waals surface area contributed by atoms with Crippen LogP contribution in [-0.2, 0) is 4.74 Å². The number of hydrogen-bond acceptors (Lipinski definition) is 2. The molecule has 0 spiro atoms. The number of benzene rings is 1. The Labute approximate surface area is 141 Å². The maximum atomic E-state index is 12.0. The van der Waals surface area contributed by atoms with Gasteiger partial charge in [-0.25, -0.2) is 4.79 Å². The van der Waals surface area contributed by atoms with E-state index in [1.165, 1.54) is 19.3 Å². The minimum Gasteiger partial charge on any atom is -0.459 e. The Morgan fingerprint density at radius 1 is 1.24 bits per heavy atom. The van der Waals surface area contributed by atoms with Crippen molar-refractivity contribution in [2.75, 3.05) is 0 Å². The van der Waals surface area contributed by atoms with E-state index in [9.17, 15) is 4.79 Å². The van der Waals surface area contributed by atoms with Gasteiger partial charge in [0.05, 0.1) is 11.7 Å². The molecule has 0 aliphatic carbocycles. The molecule has 0 aliphatic rings. The Hall–Kier alpha value is -1.02. The van der Waals surface area contributed by atoms with Crippen LogP contribution in [0.3, 0.4) is 0 Å². The van der Waals surface area contributed by atoms with Crippen LogP contribution in [0.2, 0.25) is 0 Å². The van der Waals surface area contributed by atoms with Gasteiger partial charge in [0.25, 0.3) is 0 Å². The summed E-state index contributed by atoms with van der Waals surface area (Å²) in [5.41, 5.74) is 0.652. The summed E-state index contributed by atoms with van der Waals surface area (Å²) < 4.78 is 6.42. The van der Waals surface area contributed by atoms with Crippen molar-refractivity contribution >= 4 is 28.6 Å². The third-order valence-electron chi connectivity index (χ3n) is 3.33. The predicted molar refractivity (Wildman–Crippen MR) is 95.2 cm³/mol. The highest BCUT2D eigenvalue weighted by molar-refractivity contribution is 14.1.